The van der Waals surface area contributed by atoms with Crippen molar-refractivity contribution in [1.82, 2.24) is 5.32 Å². The zero-order valence-electron chi connectivity index (χ0n) is 9.44. The molecule has 0 atom stereocenters. The molecule has 0 aliphatic heterocycles. The maximum absolute atomic E-state index is 10.8. The SMILES string of the molecule is C=C(C)C(=O)NCCCC.CCC. The topological polar surface area (TPSA) is 29.1 Å². The van der Waals surface area contributed by atoms with Gasteiger partial charge in [-0.2, -0.15) is 0 Å². The van der Waals surface area contributed by atoms with Gasteiger partial charge < -0.3 is 5.32 Å². The van der Waals surface area contributed by atoms with Crippen molar-refractivity contribution in [3.8, 4) is 0 Å². The number of rotatable bonds is 4. The molecule has 0 aromatic rings. The van der Waals surface area contributed by atoms with Crippen LogP contribution in [-0.4, -0.2) is 12.5 Å². The third kappa shape index (κ3) is 14.1. The zero-order chi connectivity index (χ0) is 10.7. The fourth-order valence-electron chi connectivity index (χ4n) is 0.530. The Balaban J connectivity index is 0. The minimum Gasteiger partial charge on any atom is -0.352 e. The molecule has 1 N–H and O–H groups in total. The lowest BCUT2D eigenvalue weighted by molar-refractivity contribution is -0.117. The van der Waals surface area contributed by atoms with Gasteiger partial charge in [-0.3, -0.25) is 4.79 Å². The van der Waals surface area contributed by atoms with Crippen LogP contribution in [-0.2, 0) is 4.79 Å². The van der Waals surface area contributed by atoms with Crippen molar-refractivity contribution in [2.45, 2.75) is 47.0 Å². The number of nitrogens with one attached hydrogen (secondary N) is 1. The van der Waals surface area contributed by atoms with Gasteiger partial charge in [-0.15, -0.1) is 0 Å². The molecule has 0 aliphatic carbocycles. The van der Waals surface area contributed by atoms with Crippen LogP contribution < -0.4 is 5.32 Å². The highest BCUT2D eigenvalue weighted by molar-refractivity contribution is 5.91. The summed E-state index contributed by atoms with van der Waals surface area (Å²) in [7, 11) is 0. The summed E-state index contributed by atoms with van der Waals surface area (Å²) < 4.78 is 0. The van der Waals surface area contributed by atoms with Gasteiger partial charge in [-0.25, -0.2) is 0 Å². The molecular formula is C11H23NO. The monoisotopic (exact) mass is 185 g/mol. The Morgan fingerprint density at radius 3 is 2.08 bits per heavy atom. The standard InChI is InChI=1S/C8H15NO.C3H8/c1-4-5-6-9-8(10)7(2)3;1-3-2/h2,4-6H2,1,3H3,(H,9,10);3H2,1-2H3. The Kier molecular flexibility index (Phi) is 12.7. The molecular weight excluding hydrogens is 162 g/mol. The molecule has 0 aromatic heterocycles. The highest BCUT2D eigenvalue weighted by Gasteiger charge is 1.97. The van der Waals surface area contributed by atoms with E-state index in [-0.39, 0.29) is 5.91 Å². The van der Waals surface area contributed by atoms with E-state index in [4.69, 9.17) is 0 Å². The first-order chi connectivity index (χ1) is 6.09. The van der Waals surface area contributed by atoms with E-state index in [0.717, 1.165) is 19.4 Å². The van der Waals surface area contributed by atoms with Crippen molar-refractivity contribution in [3.63, 3.8) is 0 Å². The van der Waals surface area contributed by atoms with E-state index in [0.29, 0.717) is 5.57 Å². The summed E-state index contributed by atoms with van der Waals surface area (Å²) in [6, 6.07) is 0. The van der Waals surface area contributed by atoms with E-state index >= 15 is 0 Å². The minimum absolute atomic E-state index is 0.0338. The molecule has 0 radical (unpaired) electrons. The van der Waals surface area contributed by atoms with Gasteiger partial charge in [0.25, 0.3) is 0 Å². The normalized spacial score (nSPS) is 8.31. The van der Waals surface area contributed by atoms with Crippen molar-refractivity contribution < 1.29 is 4.79 Å². The van der Waals surface area contributed by atoms with Crippen molar-refractivity contribution in [2.24, 2.45) is 0 Å². The average molecular weight is 185 g/mol. The molecule has 0 saturated heterocycles. The van der Waals surface area contributed by atoms with Gasteiger partial charge in [0.1, 0.15) is 0 Å². The van der Waals surface area contributed by atoms with Gasteiger partial charge in [-0.05, 0) is 13.3 Å². The predicted octanol–water partition coefficient (Wildman–Crippen LogP) is 2.90. The van der Waals surface area contributed by atoms with Crippen LogP contribution in [0.25, 0.3) is 0 Å². The molecule has 13 heavy (non-hydrogen) atoms. The largest absolute Gasteiger partial charge is 0.352 e. The Bertz CT molecular complexity index is 141. The van der Waals surface area contributed by atoms with E-state index in [1.807, 2.05) is 0 Å². The second-order valence-corrected chi connectivity index (χ2v) is 3.10. The Morgan fingerprint density at radius 1 is 1.31 bits per heavy atom. The van der Waals surface area contributed by atoms with Crippen LogP contribution in [0.3, 0.4) is 0 Å². The van der Waals surface area contributed by atoms with E-state index in [9.17, 15) is 4.79 Å². The first kappa shape index (κ1) is 14.7. The molecule has 0 aromatic carbocycles. The van der Waals surface area contributed by atoms with Gasteiger partial charge in [-0.1, -0.05) is 40.2 Å². The molecule has 0 aliphatic rings. The Morgan fingerprint density at radius 2 is 1.77 bits per heavy atom. The van der Waals surface area contributed by atoms with Gasteiger partial charge in [0.15, 0.2) is 0 Å². The zero-order valence-corrected chi connectivity index (χ0v) is 9.44. The lowest BCUT2D eigenvalue weighted by atomic mass is 10.3. The van der Waals surface area contributed by atoms with Crippen LogP contribution in [0.5, 0.6) is 0 Å². The van der Waals surface area contributed by atoms with Crippen LogP contribution in [0.15, 0.2) is 12.2 Å². The number of carbonyl (C=O) groups excluding carboxylic acids is 1. The molecule has 2 nitrogen and oxygen atoms in total. The summed E-state index contributed by atoms with van der Waals surface area (Å²) in [5.41, 5.74) is 0.580. The van der Waals surface area contributed by atoms with Crippen LogP contribution in [0, 0.1) is 0 Å². The number of carbonyl (C=O) groups is 1. The van der Waals surface area contributed by atoms with Crippen molar-refractivity contribution in [3.05, 3.63) is 12.2 Å². The highest BCUT2D eigenvalue weighted by Crippen LogP contribution is 1.87. The van der Waals surface area contributed by atoms with Gasteiger partial charge in [0, 0.05) is 12.1 Å². The summed E-state index contributed by atoms with van der Waals surface area (Å²) in [6.45, 7) is 12.3. The van der Waals surface area contributed by atoms with Gasteiger partial charge in [0.05, 0.1) is 0 Å². The first-order valence-corrected chi connectivity index (χ1v) is 5.03. The molecule has 0 rings (SSSR count). The molecule has 0 saturated carbocycles. The smallest absolute Gasteiger partial charge is 0.246 e. The van der Waals surface area contributed by atoms with E-state index in [1.54, 1.807) is 6.92 Å². The predicted molar refractivity (Wildman–Crippen MR) is 58.7 cm³/mol. The lowest BCUT2D eigenvalue weighted by Crippen LogP contribution is -2.24. The van der Waals surface area contributed by atoms with Crippen LogP contribution in [0.2, 0.25) is 0 Å². The molecule has 0 unspecified atom stereocenters. The summed E-state index contributed by atoms with van der Waals surface area (Å²) in [6.07, 6.45) is 3.40. The molecule has 0 heterocycles. The summed E-state index contributed by atoms with van der Waals surface area (Å²) in [5, 5.41) is 2.74. The van der Waals surface area contributed by atoms with Gasteiger partial charge in [0.2, 0.25) is 5.91 Å². The maximum atomic E-state index is 10.8. The number of hydrogen-bond acceptors (Lipinski definition) is 1. The van der Waals surface area contributed by atoms with Crippen molar-refractivity contribution >= 4 is 5.91 Å². The third-order valence-electron chi connectivity index (χ3n) is 1.20. The second kappa shape index (κ2) is 11.2. The van der Waals surface area contributed by atoms with Crippen LogP contribution in [0.4, 0.5) is 0 Å². The fraction of sp³-hybridized carbons (Fsp3) is 0.727. The lowest BCUT2D eigenvalue weighted by Gasteiger charge is -2.01. The van der Waals surface area contributed by atoms with Crippen molar-refractivity contribution in [1.29, 1.82) is 0 Å². The van der Waals surface area contributed by atoms with E-state index in [2.05, 4.69) is 32.7 Å². The first-order valence-electron chi connectivity index (χ1n) is 5.03. The van der Waals surface area contributed by atoms with Gasteiger partial charge >= 0.3 is 0 Å². The quantitative estimate of drug-likeness (QED) is 0.529. The summed E-state index contributed by atoms with van der Waals surface area (Å²) >= 11 is 0. The summed E-state index contributed by atoms with van der Waals surface area (Å²) in [4.78, 5) is 10.8. The minimum atomic E-state index is -0.0338. The van der Waals surface area contributed by atoms with E-state index < -0.39 is 0 Å². The summed E-state index contributed by atoms with van der Waals surface area (Å²) in [5.74, 6) is -0.0338. The fourth-order valence-corrected chi connectivity index (χ4v) is 0.530. The highest BCUT2D eigenvalue weighted by atomic mass is 16.1. The Hall–Kier alpha value is -0.790. The molecule has 78 valence electrons. The molecule has 0 spiro atoms. The van der Waals surface area contributed by atoms with Crippen LogP contribution >= 0.6 is 0 Å². The average Bonchev–Trinajstić information content (AvgIpc) is 2.06. The molecule has 0 bridgehead atoms. The number of amides is 1. The van der Waals surface area contributed by atoms with Crippen molar-refractivity contribution in [2.75, 3.05) is 6.54 Å². The molecule has 2 heteroatoms. The number of hydrogen-bond donors (Lipinski definition) is 1. The molecule has 0 fully saturated rings. The number of unbranched alkanes of at least 4 members (excludes halogenated alkanes) is 1. The molecule has 1 amide bonds. The third-order valence-corrected chi connectivity index (χ3v) is 1.20. The Labute approximate surface area is 82.4 Å². The van der Waals surface area contributed by atoms with Crippen LogP contribution in [0.1, 0.15) is 47.0 Å². The maximum Gasteiger partial charge on any atom is 0.246 e. The second-order valence-electron chi connectivity index (χ2n) is 3.10. The van der Waals surface area contributed by atoms with E-state index in [1.165, 1.54) is 6.42 Å².